The predicted octanol–water partition coefficient (Wildman–Crippen LogP) is 9.37. The van der Waals surface area contributed by atoms with Crippen LogP contribution in [0.15, 0.2) is 109 Å². The van der Waals surface area contributed by atoms with Crippen LogP contribution in [0.5, 0.6) is 0 Å². The normalized spacial score (nSPS) is 11.8. The Morgan fingerprint density at radius 3 is 1.68 bits per heavy atom. The molecule has 0 radical (unpaired) electrons. The van der Waals surface area contributed by atoms with Gasteiger partial charge in [0.1, 0.15) is 0 Å². The highest BCUT2D eigenvalue weighted by atomic mass is 14.9. The third kappa shape index (κ3) is 3.83. The Hall–Kier alpha value is -5.22. The summed E-state index contributed by atoms with van der Waals surface area (Å²) < 4.78 is 2.23. The molecule has 0 unspecified atom stereocenters. The Balaban J connectivity index is 1.27. The number of hydrogen-bond donors (Lipinski definition) is 1. The van der Waals surface area contributed by atoms with Crippen molar-refractivity contribution in [3.63, 3.8) is 0 Å². The van der Waals surface area contributed by atoms with Gasteiger partial charge in [0.2, 0.25) is 0 Å². The Morgan fingerprint density at radius 1 is 0.488 bits per heavy atom. The van der Waals surface area contributed by atoms with Gasteiger partial charge in [0, 0.05) is 39.6 Å². The first kappa shape index (κ1) is 23.6. The number of H-pyrrole nitrogens is 1. The summed E-state index contributed by atoms with van der Waals surface area (Å²) in [5.74, 6) is 0. The summed E-state index contributed by atoms with van der Waals surface area (Å²) in [5.41, 5.74) is 13.6. The minimum atomic E-state index is 0.868. The molecule has 8 rings (SSSR count). The molecule has 4 aromatic carbocycles. The van der Waals surface area contributed by atoms with Crippen LogP contribution in [0.25, 0.3) is 77.3 Å². The number of aromatic amines is 1. The van der Waals surface area contributed by atoms with Gasteiger partial charge in [0.25, 0.3) is 0 Å². The van der Waals surface area contributed by atoms with Crippen LogP contribution in [0.3, 0.4) is 0 Å². The third-order valence-electron chi connectivity index (χ3n) is 8.41. The van der Waals surface area contributed by atoms with Crippen LogP contribution in [-0.4, -0.2) is 19.5 Å². The van der Waals surface area contributed by atoms with Gasteiger partial charge in [-0.05, 0) is 72.5 Å². The van der Waals surface area contributed by atoms with E-state index in [1.807, 2.05) is 12.4 Å². The lowest BCUT2D eigenvalue weighted by molar-refractivity contribution is 1.01. The molecule has 0 saturated heterocycles. The van der Waals surface area contributed by atoms with E-state index in [-0.39, 0.29) is 0 Å². The second-order valence-corrected chi connectivity index (χ2v) is 11.1. The molecule has 4 heteroatoms. The average molecular weight is 529 g/mol. The molecule has 0 fully saturated rings. The summed E-state index contributed by atoms with van der Waals surface area (Å²) in [6.45, 7) is 4.24. The van der Waals surface area contributed by atoms with Gasteiger partial charge in [-0.3, -0.25) is 9.97 Å². The zero-order chi connectivity index (χ0) is 27.7. The van der Waals surface area contributed by atoms with Crippen molar-refractivity contribution in [2.45, 2.75) is 13.8 Å². The van der Waals surface area contributed by atoms with E-state index in [1.54, 1.807) is 0 Å². The van der Waals surface area contributed by atoms with Gasteiger partial charge in [-0.15, -0.1) is 0 Å². The number of pyridine rings is 2. The molecule has 0 spiro atoms. The van der Waals surface area contributed by atoms with Gasteiger partial charge in [-0.25, -0.2) is 0 Å². The van der Waals surface area contributed by atoms with Gasteiger partial charge in [0.15, 0.2) is 0 Å². The first-order valence-electron chi connectivity index (χ1n) is 14.0. The van der Waals surface area contributed by atoms with Gasteiger partial charge >= 0.3 is 0 Å². The maximum atomic E-state index is 4.87. The first-order chi connectivity index (χ1) is 20.0. The zero-order valence-electron chi connectivity index (χ0n) is 23.2. The van der Waals surface area contributed by atoms with Crippen LogP contribution < -0.4 is 0 Å². The van der Waals surface area contributed by atoms with E-state index in [9.17, 15) is 0 Å². The summed E-state index contributed by atoms with van der Waals surface area (Å²) in [4.78, 5) is 13.2. The number of nitrogens with one attached hydrogen (secondary N) is 1. The largest absolute Gasteiger partial charge is 0.353 e. The molecule has 4 nitrogen and oxygen atoms in total. The molecular formula is C37H28N4. The highest BCUT2D eigenvalue weighted by Crippen LogP contribution is 2.35. The van der Waals surface area contributed by atoms with Crippen LogP contribution in [0.2, 0.25) is 0 Å². The zero-order valence-corrected chi connectivity index (χ0v) is 23.2. The molecule has 0 atom stereocenters. The van der Waals surface area contributed by atoms with Gasteiger partial charge in [0.05, 0.1) is 34.8 Å². The summed E-state index contributed by atoms with van der Waals surface area (Å²) in [6, 6.07) is 35.1. The molecule has 4 heterocycles. The summed E-state index contributed by atoms with van der Waals surface area (Å²) >= 11 is 0. The van der Waals surface area contributed by atoms with Crippen LogP contribution in [0.1, 0.15) is 11.1 Å². The highest BCUT2D eigenvalue weighted by molar-refractivity contribution is 6.11. The van der Waals surface area contributed by atoms with Gasteiger partial charge in [-0.1, -0.05) is 71.8 Å². The first-order valence-corrected chi connectivity index (χ1v) is 14.0. The third-order valence-corrected chi connectivity index (χ3v) is 8.41. The SMILES string of the molecule is Cc1ccc(-c2ccc3[nH]c4cnc(-c5cc6c7cc(-c8ccc(C)cc8)ccc7n(C)c6cn5)cc4c3c2)cc1. The average Bonchev–Trinajstić information content (AvgIpc) is 3.51. The lowest BCUT2D eigenvalue weighted by Gasteiger charge is -2.04. The smallest absolute Gasteiger partial charge is 0.0894 e. The Kier molecular flexibility index (Phi) is 5.13. The van der Waals surface area contributed by atoms with E-state index in [4.69, 9.17) is 9.97 Å². The minimum absolute atomic E-state index is 0.868. The monoisotopic (exact) mass is 528 g/mol. The van der Waals surface area contributed by atoms with Gasteiger partial charge in [-0.2, -0.15) is 0 Å². The Labute approximate surface area is 237 Å². The Morgan fingerprint density at radius 2 is 1.00 bits per heavy atom. The predicted molar refractivity (Wildman–Crippen MR) is 171 cm³/mol. The molecule has 1 N–H and O–H groups in total. The van der Waals surface area contributed by atoms with E-state index in [1.165, 1.54) is 55.1 Å². The van der Waals surface area contributed by atoms with Crippen molar-refractivity contribution >= 4 is 43.6 Å². The van der Waals surface area contributed by atoms with Crippen molar-refractivity contribution < 1.29 is 0 Å². The molecule has 0 bridgehead atoms. The van der Waals surface area contributed by atoms with E-state index in [0.29, 0.717) is 0 Å². The fourth-order valence-electron chi connectivity index (χ4n) is 6.04. The fraction of sp³-hybridized carbons (Fsp3) is 0.0811. The molecule has 41 heavy (non-hydrogen) atoms. The quantitative estimate of drug-likeness (QED) is 0.248. The van der Waals surface area contributed by atoms with Crippen LogP contribution >= 0.6 is 0 Å². The Bertz CT molecular complexity index is 2270. The van der Waals surface area contributed by atoms with E-state index < -0.39 is 0 Å². The summed E-state index contributed by atoms with van der Waals surface area (Å²) in [5, 5.41) is 4.75. The second-order valence-electron chi connectivity index (χ2n) is 11.1. The molecule has 0 aliphatic carbocycles. The van der Waals surface area contributed by atoms with Crippen molar-refractivity contribution in [3.8, 4) is 33.6 Å². The molecule has 196 valence electrons. The van der Waals surface area contributed by atoms with Crippen molar-refractivity contribution in [1.29, 1.82) is 0 Å². The maximum Gasteiger partial charge on any atom is 0.0894 e. The summed E-state index contributed by atoms with van der Waals surface area (Å²) in [6.07, 6.45) is 3.91. The van der Waals surface area contributed by atoms with Gasteiger partial charge < -0.3 is 9.55 Å². The number of aromatic nitrogens is 4. The summed E-state index contributed by atoms with van der Waals surface area (Å²) in [7, 11) is 2.11. The number of hydrogen-bond acceptors (Lipinski definition) is 2. The lowest BCUT2D eigenvalue weighted by atomic mass is 10.0. The van der Waals surface area contributed by atoms with E-state index >= 15 is 0 Å². The molecular weight excluding hydrogens is 500 g/mol. The lowest BCUT2D eigenvalue weighted by Crippen LogP contribution is -1.90. The molecule has 0 aliphatic rings. The van der Waals surface area contributed by atoms with Crippen molar-refractivity contribution in [1.82, 2.24) is 19.5 Å². The number of aryl methyl sites for hydroxylation is 3. The standard InChI is InChI=1S/C37H28N4/c1-22-4-8-24(9-5-22)26-12-14-32-28(16-26)29-18-33(38-20-35(29)40-32)34-19-31-30-17-27(25-10-6-23(2)7-11-25)13-15-36(30)41(3)37(31)21-39-34/h4-21,40H,1-3H3. The number of fused-ring (bicyclic) bond motifs is 6. The molecule has 0 aliphatic heterocycles. The van der Waals surface area contributed by atoms with Crippen LogP contribution in [-0.2, 0) is 7.05 Å². The van der Waals surface area contributed by atoms with Crippen LogP contribution in [0.4, 0.5) is 0 Å². The second kappa shape index (κ2) is 8.90. The molecule has 8 aromatic rings. The van der Waals surface area contributed by atoms with E-state index in [0.717, 1.165) is 33.3 Å². The number of benzene rings is 4. The molecule has 0 saturated carbocycles. The van der Waals surface area contributed by atoms with Crippen LogP contribution in [0, 0.1) is 13.8 Å². The topological polar surface area (TPSA) is 46.5 Å². The minimum Gasteiger partial charge on any atom is -0.353 e. The van der Waals surface area contributed by atoms with Crippen molar-refractivity contribution in [3.05, 3.63) is 121 Å². The number of nitrogens with zero attached hydrogens (tertiary/aromatic N) is 3. The number of rotatable bonds is 3. The van der Waals surface area contributed by atoms with Crippen molar-refractivity contribution in [2.75, 3.05) is 0 Å². The fourth-order valence-corrected chi connectivity index (χ4v) is 6.04. The molecule has 4 aromatic heterocycles. The van der Waals surface area contributed by atoms with Crippen molar-refractivity contribution in [2.24, 2.45) is 7.05 Å². The highest BCUT2D eigenvalue weighted by Gasteiger charge is 2.14. The maximum absolute atomic E-state index is 4.87. The van der Waals surface area contributed by atoms with E-state index in [2.05, 4.69) is 128 Å². The molecule has 0 amide bonds.